The fourth-order valence-electron chi connectivity index (χ4n) is 3.55. The Balaban J connectivity index is 1.59. The molecule has 0 amide bonds. The summed E-state index contributed by atoms with van der Waals surface area (Å²) in [4.78, 5) is 8.78. The fraction of sp³-hybridized carbons (Fsp3) is 0.185. The summed E-state index contributed by atoms with van der Waals surface area (Å²) in [5.41, 5.74) is 2.42. The van der Waals surface area contributed by atoms with Crippen LogP contribution >= 0.6 is 0 Å². The minimum atomic E-state index is -3.38. The average Bonchev–Trinajstić information content (AvgIpc) is 2.79. The van der Waals surface area contributed by atoms with Crippen molar-refractivity contribution in [3.63, 3.8) is 0 Å². The summed E-state index contributed by atoms with van der Waals surface area (Å²) in [5, 5.41) is 4.16. The molecule has 4 aromatic rings. The second-order valence-electron chi connectivity index (χ2n) is 8.72. The Morgan fingerprint density at radius 2 is 1.74 bits per heavy atom. The van der Waals surface area contributed by atoms with Gasteiger partial charge in [-0.1, -0.05) is 30.0 Å². The second-order valence-corrected chi connectivity index (χ2v) is 10.5. The van der Waals surface area contributed by atoms with Crippen LogP contribution in [0.3, 0.4) is 0 Å². The van der Waals surface area contributed by atoms with Crippen molar-refractivity contribution in [2.24, 2.45) is 0 Å². The van der Waals surface area contributed by atoms with Crippen LogP contribution in [0.2, 0.25) is 0 Å². The minimum Gasteiger partial charge on any atom is -0.457 e. The predicted molar refractivity (Wildman–Crippen MR) is 139 cm³/mol. The topological polar surface area (TPSA) is 93.2 Å². The number of sulfonamides is 1. The Morgan fingerprint density at radius 1 is 0.971 bits per heavy atom. The normalized spacial score (nSPS) is 11.5. The van der Waals surface area contributed by atoms with Crippen molar-refractivity contribution in [2.75, 3.05) is 11.6 Å². The molecule has 4 rings (SSSR count). The number of rotatable bonds is 6. The number of hydrogen-bond donors (Lipinski definition) is 2. The third kappa shape index (κ3) is 6.57. The first-order valence-corrected chi connectivity index (χ1v) is 12.8. The number of nitrogens with one attached hydrogen (secondary N) is 2. The maximum atomic E-state index is 11.6. The van der Waals surface area contributed by atoms with Crippen LogP contribution in [-0.4, -0.2) is 30.2 Å². The molecule has 0 aliphatic carbocycles. The Hall–Kier alpha value is -3.93. The zero-order valence-electron chi connectivity index (χ0n) is 20.0. The van der Waals surface area contributed by atoms with Crippen molar-refractivity contribution < 1.29 is 13.2 Å². The lowest BCUT2D eigenvalue weighted by molar-refractivity contribution is 0.479. The molecule has 0 aliphatic heterocycles. The number of ether oxygens (including phenoxy) is 1. The van der Waals surface area contributed by atoms with Crippen LogP contribution in [0.25, 0.3) is 10.9 Å². The van der Waals surface area contributed by atoms with Crippen molar-refractivity contribution >= 4 is 32.4 Å². The molecule has 3 aromatic carbocycles. The molecule has 0 atom stereocenters. The summed E-state index contributed by atoms with van der Waals surface area (Å²) >= 11 is 0. The number of fused-ring (bicyclic) bond motifs is 1. The molecular weight excluding hydrogens is 460 g/mol. The van der Waals surface area contributed by atoms with E-state index in [0.717, 1.165) is 45.5 Å². The van der Waals surface area contributed by atoms with Gasteiger partial charge >= 0.3 is 0 Å². The molecule has 1 heterocycles. The van der Waals surface area contributed by atoms with E-state index in [1.807, 2.05) is 73.7 Å². The molecule has 0 bridgehead atoms. The molecule has 0 aliphatic rings. The Labute approximate surface area is 205 Å². The van der Waals surface area contributed by atoms with Gasteiger partial charge in [0.05, 0.1) is 17.3 Å². The van der Waals surface area contributed by atoms with Crippen LogP contribution in [0.15, 0.2) is 73.1 Å². The largest absolute Gasteiger partial charge is 0.457 e. The molecule has 1 aromatic heterocycles. The molecule has 7 nitrogen and oxygen atoms in total. The van der Waals surface area contributed by atoms with E-state index in [-0.39, 0.29) is 0 Å². The lowest BCUT2D eigenvalue weighted by Crippen LogP contribution is -2.41. The standard InChI is InChI=1S/C27H26N4O3S/c1-19-16-21(11-13-25(19)34-22-8-6-5-7-9-22)30-26-23-17-20(10-12-24(23)28-18-29-26)14-15-27(2,3)31-35(4,32)33/h5-13,16-18,31H,1-4H3,(H,28,29,30). The molecule has 8 heteroatoms. The molecule has 0 spiro atoms. The van der Waals surface area contributed by atoms with Gasteiger partial charge in [0, 0.05) is 16.6 Å². The number of hydrogen-bond acceptors (Lipinski definition) is 6. The van der Waals surface area contributed by atoms with Crippen molar-refractivity contribution in [3.8, 4) is 23.3 Å². The first-order chi connectivity index (χ1) is 16.6. The highest BCUT2D eigenvalue weighted by Gasteiger charge is 2.19. The van der Waals surface area contributed by atoms with Crippen LogP contribution in [0.4, 0.5) is 11.5 Å². The van der Waals surface area contributed by atoms with E-state index in [2.05, 4.69) is 31.8 Å². The van der Waals surface area contributed by atoms with Crippen molar-refractivity contribution in [2.45, 2.75) is 26.3 Å². The third-order valence-electron chi connectivity index (χ3n) is 5.00. The van der Waals surface area contributed by atoms with Crippen molar-refractivity contribution in [3.05, 3.63) is 84.2 Å². The Bertz CT molecular complexity index is 1540. The van der Waals surface area contributed by atoms with Gasteiger partial charge in [0.1, 0.15) is 23.6 Å². The van der Waals surface area contributed by atoms with E-state index in [1.54, 1.807) is 13.8 Å². The SMILES string of the molecule is Cc1cc(Nc2ncnc3ccc(C#CC(C)(C)NS(C)(=O)=O)cc23)ccc1Oc1ccccc1. The van der Waals surface area contributed by atoms with Crippen LogP contribution in [-0.2, 0) is 10.0 Å². The van der Waals surface area contributed by atoms with E-state index in [1.165, 1.54) is 6.33 Å². The first-order valence-electron chi connectivity index (χ1n) is 11.0. The van der Waals surface area contributed by atoms with Gasteiger partial charge in [-0.15, -0.1) is 0 Å². The average molecular weight is 487 g/mol. The maximum Gasteiger partial charge on any atom is 0.209 e. The zero-order valence-corrected chi connectivity index (χ0v) is 20.8. The van der Waals surface area contributed by atoms with E-state index in [9.17, 15) is 8.42 Å². The molecule has 2 N–H and O–H groups in total. The Kier molecular flexibility index (Phi) is 6.74. The summed E-state index contributed by atoms with van der Waals surface area (Å²) in [6.07, 6.45) is 2.62. The van der Waals surface area contributed by atoms with Gasteiger partial charge in [0.15, 0.2) is 0 Å². The molecule has 0 saturated heterocycles. The predicted octanol–water partition coefficient (Wildman–Crippen LogP) is 5.15. The van der Waals surface area contributed by atoms with Gasteiger partial charge in [-0.25, -0.2) is 18.4 Å². The highest BCUT2D eigenvalue weighted by Crippen LogP contribution is 2.30. The lowest BCUT2D eigenvalue weighted by Gasteiger charge is -2.17. The number of anilines is 2. The second kappa shape index (κ2) is 9.74. The zero-order chi connectivity index (χ0) is 25.1. The molecule has 0 fully saturated rings. The van der Waals surface area contributed by atoms with E-state index < -0.39 is 15.6 Å². The van der Waals surface area contributed by atoms with Gasteiger partial charge in [-0.05, 0) is 74.9 Å². The number of nitrogens with zero attached hydrogens (tertiary/aromatic N) is 2. The molecule has 35 heavy (non-hydrogen) atoms. The van der Waals surface area contributed by atoms with Crippen molar-refractivity contribution in [1.82, 2.24) is 14.7 Å². The summed E-state index contributed by atoms with van der Waals surface area (Å²) in [6, 6.07) is 21.1. The smallest absolute Gasteiger partial charge is 0.209 e. The molecule has 0 unspecified atom stereocenters. The number of benzene rings is 3. The Morgan fingerprint density at radius 3 is 2.46 bits per heavy atom. The summed E-state index contributed by atoms with van der Waals surface area (Å²) < 4.78 is 31.6. The van der Waals surface area contributed by atoms with E-state index in [4.69, 9.17) is 4.74 Å². The molecule has 0 saturated carbocycles. The van der Waals surface area contributed by atoms with E-state index >= 15 is 0 Å². The van der Waals surface area contributed by atoms with Crippen LogP contribution in [0.1, 0.15) is 25.0 Å². The maximum absolute atomic E-state index is 11.6. The highest BCUT2D eigenvalue weighted by atomic mass is 32.2. The van der Waals surface area contributed by atoms with Gasteiger partial charge in [0.25, 0.3) is 0 Å². The summed E-state index contributed by atoms with van der Waals surface area (Å²) in [5.74, 6) is 8.23. The molecule has 178 valence electrons. The monoisotopic (exact) mass is 486 g/mol. The quantitative estimate of drug-likeness (QED) is 0.366. The number of aromatic nitrogens is 2. The van der Waals surface area contributed by atoms with Crippen LogP contribution in [0, 0.1) is 18.8 Å². The number of para-hydroxylation sites is 1. The van der Waals surface area contributed by atoms with Crippen LogP contribution in [0.5, 0.6) is 11.5 Å². The van der Waals surface area contributed by atoms with Gasteiger partial charge in [0.2, 0.25) is 10.0 Å². The van der Waals surface area contributed by atoms with Gasteiger partial charge in [-0.3, -0.25) is 0 Å². The van der Waals surface area contributed by atoms with Gasteiger partial charge in [-0.2, -0.15) is 4.72 Å². The fourth-order valence-corrected chi connectivity index (χ4v) is 4.52. The minimum absolute atomic E-state index is 0.642. The lowest BCUT2D eigenvalue weighted by atomic mass is 10.1. The first kappa shape index (κ1) is 24.2. The number of aryl methyl sites for hydroxylation is 1. The molecular formula is C27H26N4O3S. The summed E-state index contributed by atoms with van der Waals surface area (Å²) in [7, 11) is -3.38. The summed E-state index contributed by atoms with van der Waals surface area (Å²) in [6.45, 7) is 5.42. The molecule has 0 radical (unpaired) electrons. The van der Waals surface area contributed by atoms with E-state index in [0.29, 0.717) is 5.82 Å². The van der Waals surface area contributed by atoms with Gasteiger partial charge < -0.3 is 10.1 Å². The van der Waals surface area contributed by atoms with Crippen molar-refractivity contribution in [1.29, 1.82) is 0 Å². The third-order valence-corrected chi connectivity index (χ3v) is 5.89. The van der Waals surface area contributed by atoms with Crippen LogP contribution < -0.4 is 14.8 Å². The highest BCUT2D eigenvalue weighted by molar-refractivity contribution is 7.88.